The Labute approximate surface area is 205 Å². The van der Waals surface area contributed by atoms with E-state index in [1.54, 1.807) is 18.2 Å². The number of halogens is 5. The summed E-state index contributed by atoms with van der Waals surface area (Å²) in [6.45, 7) is 3.47. The molecule has 3 aliphatic rings. The second-order valence-electron chi connectivity index (χ2n) is 9.16. The average Bonchev–Trinajstić information content (AvgIpc) is 2.87. The number of aryl methyl sites for hydroxylation is 1. The lowest BCUT2D eigenvalue weighted by Gasteiger charge is -2.43. The lowest BCUT2D eigenvalue weighted by Crippen LogP contribution is -2.59. The van der Waals surface area contributed by atoms with Gasteiger partial charge in [0, 0.05) is 38.4 Å². The Morgan fingerprint density at radius 3 is 2.33 bits per heavy atom. The van der Waals surface area contributed by atoms with E-state index in [1.165, 1.54) is 6.07 Å². The Morgan fingerprint density at radius 1 is 0.889 bits per heavy atom. The molecule has 1 atom stereocenters. The fourth-order valence-electron chi connectivity index (χ4n) is 5.10. The Hall–Kier alpha value is -3.08. The van der Waals surface area contributed by atoms with Gasteiger partial charge in [0.1, 0.15) is 13.2 Å². The predicted molar refractivity (Wildman–Crippen MR) is 123 cm³/mol. The minimum Gasteiger partial charge on any atom is -0.486 e. The van der Waals surface area contributed by atoms with Gasteiger partial charge in [-0.25, -0.2) is 0 Å². The second kappa shape index (κ2) is 9.42. The largest absolute Gasteiger partial charge is 0.486 e. The smallest absolute Gasteiger partial charge is 0.463 e. The molecule has 6 nitrogen and oxygen atoms in total. The van der Waals surface area contributed by atoms with Crippen molar-refractivity contribution < 1.29 is 36.2 Å². The maximum absolute atomic E-state index is 14.2. The maximum atomic E-state index is 14.2. The minimum absolute atomic E-state index is 0.120. The molecule has 0 spiro atoms. The molecule has 1 unspecified atom stereocenters. The SMILES string of the molecule is O=C(N1c2ccccc2CCC1CN1CCN(c2cccc3c2OCCO3)CC1)C(F)(F)C(F)(F)F. The van der Waals surface area contributed by atoms with Crippen LogP contribution in [0.1, 0.15) is 12.0 Å². The number of amides is 1. The van der Waals surface area contributed by atoms with E-state index in [2.05, 4.69) is 4.90 Å². The molecule has 0 aromatic heterocycles. The van der Waals surface area contributed by atoms with E-state index >= 15 is 0 Å². The molecule has 0 radical (unpaired) electrons. The molecule has 1 amide bonds. The van der Waals surface area contributed by atoms with Gasteiger partial charge in [-0.1, -0.05) is 24.3 Å². The number of benzene rings is 2. The number of ether oxygens (including phenoxy) is 2. The molecule has 2 aromatic rings. The van der Waals surface area contributed by atoms with E-state index in [1.807, 2.05) is 23.1 Å². The van der Waals surface area contributed by atoms with E-state index in [4.69, 9.17) is 9.47 Å². The molecule has 0 N–H and O–H groups in total. The number of anilines is 2. The number of hydrogen-bond acceptors (Lipinski definition) is 5. The van der Waals surface area contributed by atoms with Gasteiger partial charge >= 0.3 is 18.0 Å². The fraction of sp³-hybridized carbons (Fsp3) is 0.480. The lowest BCUT2D eigenvalue weighted by atomic mass is 9.94. The summed E-state index contributed by atoms with van der Waals surface area (Å²) in [5.41, 5.74) is 1.61. The second-order valence-corrected chi connectivity index (χ2v) is 9.16. The molecule has 3 aliphatic heterocycles. The van der Waals surface area contributed by atoms with Crippen molar-refractivity contribution in [2.45, 2.75) is 31.0 Å². The summed E-state index contributed by atoms with van der Waals surface area (Å²) < 4.78 is 79.1. The summed E-state index contributed by atoms with van der Waals surface area (Å²) in [7, 11) is 0. The van der Waals surface area contributed by atoms with Crippen LogP contribution in [0.15, 0.2) is 42.5 Å². The number of rotatable bonds is 4. The van der Waals surface area contributed by atoms with Crippen LogP contribution >= 0.6 is 0 Å². The highest BCUT2D eigenvalue weighted by Crippen LogP contribution is 2.42. The first kappa shape index (κ1) is 24.6. The van der Waals surface area contributed by atoms with Crippen molar-refractivity contribution in [3.8, 4) is 11.5 Å². The number of nitrogens with zero attached hydrogens (tertiary/aromatic N) is 3. The van der Waals surface area contributed by atoms with Crippen LogP contribution in [0.25, 0.3) is 0 Å². The molecule has 36 heavy (non-hydrogen) atoms. The number of carbonyl (C=O) groups is 1. The number of carbonyl (C=O) groups excluding carboxylic acids is 1. The van der Waals surface area contributed by atoms with Crippen molar-refractivity contribution in [3.05, 3.63) is 48.0 Å². The summed E-state index contributed by atoms with van der Waals surface area (Å²) in [5, 5.41) is 0. The van der Waals surface area contributed by atoms with Crippen molar-refractivity contribution in [2.24, 2.45) is 0 Å². The zero-order valence-corrected chi connectivity index (χ0v) is 19.4. The van der Waals surface area contributed by atoms with Crippen molar-refractivity contribution in [2.75, 3.05) is 55.7 Å². The Balaban J connectivity index is 1.32. The monoisotopic (exact) mass is 511 g/mol. The third-order valence-corrected chi connectivity index (χ3v) is 6.93. The van der Waals surface area contributed by atoms with E-state index < -0.39 is 24.0 Å². The van der Waals surface area contributed by atoms with Crippen molar-refractivity contribution >= 4 is 17.3 Å². The quantitative estimate of drug-likeness (QED) is 0.578. The fourth-order valence-corrected chi connectivity index (χ4v) is 5.10. The molecule has 3 heterocycles. The van der Waals surface area contributed by atoms with Gasteiger partial charge in [0.25, 0.3) is 0 Å². The van der Waals surface area contributed by atoms with Crippen LogP contribution in [0.5, 0.6) is 11.5 Å². The van der Waals surface area contributed by atoms with Gasteiger partial charge in [0.05, 0.1) is 11.7 Å². The number of piperazine rings is 1. The van der Waals surface area contributed by atoms with E-state index in [0.29, 0.717) is 74.2 Å². The lowest BCUT2D eigenvalue weighted by molar-refractivity contribution is -0.268. The van der Waals surface area contributed by atoms with Gasteiger partial charge in [-0.2, -0.15) is 22.0 Å². The number of para-hydroxylation sites is 2. The summed E-state index contributed by atoms with van der Waals surface area (Å²) in [4.78, 5) is 17.5. The molecule has 5 rings (SSSR count). The summed E-state index contributed by atoms with van der Waals surface area (Å²) in [6.07, 6.45) is -5.17. The van der Waals surface area contributed by atoms with Crippen LogP contribution in [-0.2, 0) is 11.2 Å². The van der Waals surface area contributed by atoms with E-state index in [-0.39, 0.29) is 12.2 Å². The highest BCUT2D eigenvalue weighted by Gasteiger charge is 2.65. The van der Waals surface area contributed by atoms with Gasteiger partial charge < -0.3 is 19.3 Å². The van der Waals surface area contributed by atoms with Crippen LogP contribution in [0.4, 0.5) is 33.3 Å². The average molecular weight is 511 g/mol. The third-order valence-electron chi connectivity index (χ3n) is 6.93. The highest BCUT2D eigenvalue weighted by atomic mass is 19.4. The van der Waals surface area contributed by atoms with Gasteiger partial charge in [-0.3, -0.25) is 9.69 Å². The van der Waals surface area contributed by atoms with Gasteiger partial charge in [0.15, 0.2) is 11.5 Å². The number of fused-ring (bicyclic) bond motifs is 2. The molecule has 0 aliphatic carbocycles. The van der Waals surface area contributed by atoms with Crippen LogP contribution in [0, 0.1) is 0 Å². The molecule has 1 saturated heterocycles. The van der Waals surface area contributed by atoms with Gasteiger partial charge in [-0.05, 0) is 36.6 Å². The van der Waals surface area contributed by atoms with Gasteiger partial charge in [0.2, 0.25) is 0 Å². The van der Waals surface area contributed by atoms with E-state index in [9.17, 15) is 26.7 Å². The Morgan fingerprint density at radius 2 is 1.58 bits per heavy atom. The number of hydrogen-bond donors (Lipinski definition) is 0. The molecular formula is C25H26F5N3O3. The first-order valence-electron chi connectivity index (χ1n) is 11.9. The van der Waals surface area contributed by atoms with Crippen LogP contribution in [-0.4, -0.2) is 74.9 Å². The Bertz CT molecular complexity index is 1120. The maximum Gasteiger partial charge on any atom is 0.463 e. The van der Waals surface area contributed by atoms with E-state index in [0.717, 1.165) is 5.69 Å². The summed E-state index contributed by atoms with van der Waals surface area (Å²) in [5.74, 6) is -6.32. The number of alkyl halides is 5. The first-order valence-corrected chi connectivity index (χ1v) is 11.9. The van der Waals surface area contributed by atoms with Crippen LogP contribution < -0.4 is 19.3 Å². The standard InChI is InChI=1S/C25H26F5N3O3/c26-24(27,25(28,29)30)23(34)33-18(9-8-17-4-1-2-5-19(17)33)16-31-10-12-32(13-11-31)20-6-3-7-21-22(20)36-15-14-35-21/h1-7,18H,8-16H2. The molecule has 1 fully saturated rings. The summed E-state index contributed by atoms with van der Waals surface area (Å²) >= 11 is 0. The van der Waals surface area contributed by atoms with Crippen LogP contribution in [0.3, 0.4) is 0 Å². The van der Waals surface area contributed by atoms with Gasteiger partial charge in [-0.15, -0.1) is 0 Å². The van der Waals surface area contributed by atoms with Crippen LogP contribution in [0.2, 0.25) is 0 Å². The molecule has 194 valence electrons. The first-order chi connectivity index (χ1) is 17.2. The zero-order valence-electron chi connectivity index (χ0n) is 19.4. The highest BCUT2D eigenvalue weighted by molar-refractivity contribution is 6.00. The summed E-state index contributed by atoms with van der Waals surface area (Å²) in [6, 6.07) is 11.2. The predicted octanol–water partition coefficient (Wildman–Crippen LogP) is 4.13. The normalized spacial score (nSPS) is 20.8. The molecular weight excluding hydrogens is 485 g/mol. The topological polar surface area (TPSA) is 45.3 Å². The molecule has 0 bridgehead atoms. The zero-order chi connectivity index (χ0) is 25.5. The van der Waals surface area contributed by atoms with Crippen molar-refractivity contribution in [1.29, 1.82) is 0 Å². The van der Waals surface area contributed by atoms with Crippen molar-refractivity contribution in [1.82, 2.24) is 4.90 Å². The third kappa shape index (κ3) is 4.44. The minimum atomic E-state index is -5.97. The molecule has 0 saturated carbocycles. The molecule has 11 heteroatoms. The Kier molecular flexibility index (Phi) is 6.44. The van der Waals surface area contributed by atoms with Crippen molar-refractivity contribution in [3.63, 3.8) is 0 Å². The molecule has 2 aromatic carbocycles.